The van der Waals surface area contributed by atoms with Gasteiger partial charge in [0, 0.05) is 57.8 Å². The minimum Gasteiger partial charge on any atom is -0.477 e. The van der Waals surface area contributed by atoms with E-state index in [1.54, 1.807) is 23.9 Å². The standard InChI is InChI=1S/C25H27IN6O4S/c1-34-16-17-5-3-10-31(17)19-6-2-7-21-18(19)13-22(36-21)20-14-28-24-8-9-25(29-32(20)24)35-11-4-12-37(26,33)30-23-15-27-23/h2,6-9,13-14,17H,3-5,10-12,15-16H2,1H3/t17-,37?/m1/s1. The third-order valence-electron chi connectivity index (χ3n) is 6.51. The van der Waals surface area contributed by atoms with E-state index in [2.05, 4.69) is 36.5 Å². The topological polar surface area (TPSA) is 107 Å². The zero-order chi connectivity index (χ0) is 25.4. The molecule has 2 aliphatic heterocycles. The van der Waals surface area contributed by atoms with Crippen molar-refractivity contribution in [2.45, 2.75) is 25.3 Å². The molecule has 0 bridgehead atoms. The number of hydrogen-bond donors (Lipinski definition) is 0. The van der Waals surface area contributed by atoms with Crippen LogP contribution in [0.1, 0.15) is 19.3 Å². The monoisotopic (exact) mass is 634 g/mol. The van der Waals surface area contributed by atoms with Crippen LogP contribution in [-0.2, 0) is 11.6 Å². The largest absolute Gasteiger partial charge is 0.477 e. The Labute approximate surface area is 226 Å². The maximum atomic E-state index is 12.5. The van der Waals surface area contributed by atoms with Crippen LogP contribution in [0.25, 0.3) is 28.1 Å². The summed E-state index contributed by atoms with van der Waals surface area (Å²) in [5, 5.41) is 5.70. The molecule has 2 aliphatic rings. The maximum Gasteiger partial charge on any atom is 0.231 e. The summed E-state index contributed by atoms with van der Waals surface area (Å²) in [5.41, 5.74) is 3.42. The highest BCUT2D eigenvalue weighted by Gasteiger charge is 2.27. The zero-order valence-electron chi connectivity index (χ0n) is 20.4. The molecule has 1 fully saturated rings. The highest BCUT2D eigenvalue weighted by Crippen LogP contribution is 2.37. The van der Waals surface area contributed by atoms with Crippen LogP contribution in [0, 0.1) is 0 Å². The fourth-order valence-electron chi connectivity index (χ4n) is 4.75. The Balaban J connectivity index is 1.23. The molecule has 0 saturated carbocycles. The molecule has 1 saturated heterocycles. The van der Waals surface area contributed by atoms with Crippen LogP contribution < -0.4 is 9.64 Å². The molecule has 6 rings (SSSR count). The summed E-state index contributed by atoms with van der Waals surface area (Å²) in [5.74, 6) is 2.28. The van der Waals surface area contributed by atoms with Gasteiger partial charge in [0.05, 0.1) is 25.5 Å². The van der Waals surface area contributed by atoms with Gasteiger partial charge in [0.1, 0.15) is 24.7 Å². The first-order chi connectivity index (χ1) is 18.0. The number of anilines is 1. The molecule has 0 N–H and O–H groups in total. The van der Waals surface area contributed by atoms with Crippen LogP contribution in [0.2, 0.25) is 0 Å². The molecule has 12 heteroatoms. The molecule has 0 aliphatic carbocycles. The number of fused-ring (bicyclic) bond motifs is 2. The van der Waals surface area contributed by atoms with Crippen LogP contribution in [0.3, 0.4) is 0 Å². The van der Waals surface area contributed by atoms with E-state index in [1.807, 2.05) is 39.4 Å². The smallest absolute Gasteiger partial charge is 0.231 e. The second-order valence-electron chi connectivity index (χ2n) is 9.12. The number of nitrogens with zero attached hydrogens (tertiary/aromatic N) is 6. The predicted octanol–water partition coefficient (Wildman–Crippen LogP) is 4.76. The lowest BCUT2D eigenvalue weighted by Crippen LogP contribution is -2.32. The molecule has 1 unspecified atom stereocenters. The molecule has 10 nitrogen and oxygen atoms in total. The second-order valence-corrected chi connectivity index (χ2v) is 15.0. The lowest BCUT2D eigenvalue weighted by Gasteiger charge is -2.26. The molecule has 0 radical (unpaired) electrons. The van der Waals surface area contributed by atoms with Crippen molar-refractivity contribution in [1.29, 1.82) is 0 Å². The molecule has 0 amide bonds. The summed E-state index contributed by atoms with van der Waals surface area (Å²) in [6.07, 6.45) is 4.63. The van der Waals surface area contributed by atoms with Crippen LogP contribution in [0.5, 0.6) is 5.88 Å². The van der Waals surface area contributed by atoms with E-state index < -0.39 is 6.90 Å². The number of methoxy groups -OCH3 is 1. The van der Waals surface area contributed by atoms with Gasteiger partial charge >= 0.3 is 0 Å². The average Bonchev–Trinajstić information content (AvgIpc) is 3.25. The molecule has 2 atom stereocenters. The van der Waals surface area contributed by atoms with E-state index >= 15 is 0 Å². The maximum absolute atomic E-state index is 12.5. The van der Waals surface area contributed by atoms with Crippen LogP contribution in [-0.4, -0.2) is 69.9 Å². The van der Waals surface area contributed by atoms with Gasteiger partial charge in [0.2, 0.25) is 5.88 Å². The Bertz CT molecular complexity index is 1610. The number of halogens is 1. The minimum absolute atomic E-state index is 0.364. The van der Waals surface area contributed by atoms with Crippen LogP contribution in [0.4, 0.5) is 5.69 Å². The minimum atomic E-state index is -2.29. The van der Waals surface area contributed by atoms with E-state index in [0.717, 1.165) is 41.7 Å². The number of furan rings is 1. The molecule has 0 spiro atoms. The Kier molecular flexibility index (Phi) is 6.80. The second kappa shape index (κ2) is 10.2. The summed E-state index contributed by atoms with van der Waals surface area (Å²) in [6, 6.07) is 12.2. The molecule has 37 heavy (non-hydrogen) atoms. The summed E-state index contributed by atoms with van der Waals surface area (Å²) < 4.78 is 36.0. The van der Waals surface area contributed by atoms with Gasteiger partial charge in [0.25, 0.3) is 0 Å². The molecule has 5 heterocycles. The molecule has 4 aromatic rings. The molecular weight excluding hydrogens is 607 g/mol. The number of hydrogen-bond acceptors (Lipinski definition) is 9. The summed E-state index contributed by atoms with van der Waals surface area (Å²) in [4.78, 5) is 10.9. The van der Waals surface area contributed by atoms with Crippen molar-refractivity contribution in [1.82, 2.24) is 14.6 Å². The average molecular weight is 634 g/mol. The normalized spacial score (nSPS) is 18.8. The van der Waals surface area contributed by atoms with Gasteiger partial charge in [-0.05, 0) is 43.5 Å². The van der Waals surface area contributed by atoms with E-state index in [0.29, 0.717) is 61.1 Å². The molecular formula is C25H27IN6O4S. The molecule has 194 valence electrons. The number of aromatic nitrogens is 3. The first kappa shape index (κ1) is 24.6. The number of benzene rings is 1. The number of amidine groups is 1. The van der Waals surface area contributed by atoms with Crippen LogP contribution >= 0.6 is 21.2 Å². The Morgan fingerprint density at radius 3 is 3.03 bits per heavy atom. The fraction of sp³-hybridized carbons (Fsp3) is 0.400. The van der Waals surface area contributed by atoms with Crippen LogP contribution in [0.15, 0.2) is 56.4 Å². The van der Waals surface area contributed by atoms with Gasteiger partial charge in [0.15, 0.2) is 17.2 Å². The lowest BCUT2D eigenvalue weighted by atomic mass is 10.1. The Morgan fingerprint density at radius 1 is 1.30 bits per heavy atom. The first-order valence-electron chi connectivity index (χ1n) is 12.2. The van der Waals surface area contributed by atoms with Gasteiger partial charge in [-0.2, -0.15) is 4.36 Å². The Hall–Kier alpha value is -2.71. The Morgan fingerprint density at radius 2 is 2.19 bits per heavy atom. The van der Waals surface area contributed by atoms with Gasteiger partial charge in [-0.1, -0.05) is 6.07 Å². The summed E-state index contributed by atoms with van der Waals surface area (Å²) in [6.45, 7) is 0.404. The number of imidazole rings is 1. The van der Waals surface area contributed by atoms with Gasteiger partial charge in [-0.15, -0.1) is 5.10 Å². The van der Waals surface area contributed by atoms with Gasteiger partial charge < -0.3 is 18.8 Å². The number of aliphatic imine (C=N–C) groups is 1. The van der Waals surface area contributed by atoms with Crippen molar-refractivity contribution in [2.24, 2.45) is 9.36 Å². The van der Waals surface area contributed by atoms with Crippen molar-refractivity contribution >= 4 is 56.2 Å². The van der Waals surface area contributed by atoms with Crippen molar-refractivity contribution in [3.8, 4) is 17.3 Å². The quantitative estimate of drug-likeness (QED) is 0.149. The molecule has 1 aromatic carbocycles. The summed E-state index contributed by atoms with van der Waals surface area (Å²) in [7, 11) is 1.75. The summed E-state index contributed by atoms with van der Waals surface area (Å²) >= 11 is 1.91. The van der Waals surface area contributed by atoms with E-state index in [1.165, 1.54) is 0 Å². The highest BCUT2D eigenvalue weighted by molar-refractivity contribution is 14.2. The van der Waals surface area contributed by atoms with Crippen molar-refractivity contribution < 1.29 is 18.1 Å². The number of rotatable bonds is 9. The number of ether oxygens (including phenoxy) is 2. The predicted molar refractivity (Wildman–Crippen MR) is 152 cm³/mol. The zero-order valence-corrected chi connectivity index (χ0v) is 23.4. The highest BCUT2D eigenvalue weighted by atomic mass is 127. The van der Waals surface area contributed by atoms with E-state index in [9.17, 15) is 4.21 Å². The van der Waals surface area contributed by atoms with E-state index in [-0.39, 0.29) is 0 Å². The SMILES string of the molecule is COC[C@H]1CCCN1c1cccc2oc(-c3cnc4ccc(OCCCS(=O)(I)=NC5=NC5)nn34)cc12. The fourth-order valence-corrected chi connectivity index (χ4v) is 7.36. The lowest BCUT2D eigenvalue weighted by molar-refractivity contribution is 0.181. The molecule has 3 aromatic heterocycles. The van der Waals surface area contributed by atoms with Crippen molar-refractivity contribution in [3.63, 3.8) is 0 Å². The van der Waals surface area contributed by atoms with Gasteiger partial charge in [-0.25, -0.2) is 13.7 Å². The van der Waals surface area contributed by atoms with Crippen molar-refractivity contribution in [2.75, 3.05) is 44.1 Å². The third-order valence-corrected chi connectivity index (χ3v) is 9.69. The van der Waals surface area contributed by atoms with Gasteiger partial charge in [-0.3, -0.25) is 4.99 Å². The van der Waals surface area contributed by atoms with Crippen molar-refractivity contribution in [3.05, 3.63) is 42.6 Å². The third kappa shape index (κ3) is 5.32. The first-order valence-corrected chi connectivity index (χ1v) is 16.5. The van der Waals surface area contributed by atoms with E-state index in [4.69, 9.17) is 13.9 Å².